The zero-order chi connectivity index (χ0) is 26.2. The molecule has 2 aromatic heterocycles. The van der Waals surface area contributed by atoms with Crippen LogP contribution in [0.4, 0.5) is 0 Å². The molecule has 2 aromatic carbocycles. The molecule has 4 rings (SSSR count). The number of hydrogen-bond acceptors (Lipinski definition) is 6. The number of carboxylic acid groups (broad SMARTS) is 1. The van der Waals surface area contributed by atoms with Gasteiger partial charge in [0.1, 0.15) is 17.7 Å². The average molecular weight is 514 g/mol. The Morgan fingerprint density at radius 2 is 1.81 bits per heavy atom. The van der Waals surface area contributed by atoms with Gasteiger partial charge < -0.3 is 35.5 Å². The summed E-state index contributed by atoms with van der Waals surface area (Å²) in [6, 6.07) is 8.13. The largest absolute Gasteiger partial charge is 0.480 e. The molecule has 0 aliphatic heterocycles. The van der Waals surface area contributed by atoms with Crippen molar-refractivity contribution in [2.24, 2.45) is 12.8 Å². The van der Waals surface area contributed by atoms with E-state index < -0.39 is 44.0 Å². The van der Waals surface area contributed by atoms with Crippen LogP contribution in [-0.4, -0.2) is 64.4 Å². The summed E-state index contributed by atoms with van der Waals surface area (Å²) in [5.74, 6) is -1.38. The van der Waals surface area contributed by atoms with Crippen LogP contribution in [0.25, 0.3) is 22.1 Å². The first-order valence-electron chi connectivity index (χ1n) is 10.7. The normalized spacial score (nSPS) is 12.6. The fourth-order valence-corrected chi connectivity index (χ4v) is 4.38. The molecule has 0 spiro atoms. The number of aliphatic carboxylic acids is 1. The summed E-state index contributed by atoms with van der Waals surface area (Å²) in [5, 5.41) is 11.6. The van der Waals surface area contributed by atoms with Gasteiger partial charge in [-0.15, -0.1) is 0 Å². The minimum Gasteiger partial charge on any atom is -0.480 e. The Balaban J connectivity index is 1.55. The van der Waals surface area contributed by atoms with Gasteiger partial charge in [0, 0.05) is 18.2 Å². The number of H-pyrrole nitrogens is 1. The van der Waals surface area contributed by atoms with Gasteiger partial charge in [-0.2, -0.15) is 0 Å². The van der Waals surface area contributed by atoms with Crippen molar-refractivity contribution in [2.45, 2.75) is 18.9 Å². The number of aryl methyl sites for hydroxylation is 1. The van der Waals surface area contributed by atoms with Gasteiger partial charge in [0.05, 0.1) is 34.6 Å². The molecule has 0 saturated carbocycles. The third kappa shape index (κ3) is 5.43. The van der Waals surface area contributed by atoms with Crippen molar-refractivity contribution in [1.82, 2.24) is 24.8 Å². The Hall–Kier alpha value is -4.06. The summed E-state index contributed by atoms with van der Waals surface area (Å²) in [6.45, 7) is 0. The maximum atomic E-state index is 12.7. The zero-order valence-corrected chi connectivity index (χ0v) is 19.9. The number of imidazole rings is 2. The Morgan fingerprint density at radius 1 is 1.11 bits per heavy atom. The Bertz CT molecular complexity index is 1550. The summed E-state index contributed by atoms with van der Waals surface area (Å²) in [5.41, 5.74) is 8.40. The van der Waals surface area contributed by atoms with Gasteiger partial charge in [-0.05, 0) is 42.8 Å². The van der Waals surface area contributed by atoms with Gasteiger partial charge in [0.15, 0.2) is 0 Å². The number of rotatable bonds is 9. The summed E-state index contributed by atoms with van der Waals surface area (Å²) < 4.78 is 12.9. The lowest BCUT2D eigenvalue weighted by molar-refractivity contribution is -0.139. The zero-order valence-electron chi connectivity index (χ0n) is 19.0. The Morgan fingerprint density at radius 3 is 2.47 bits per heavy atom. The first-order chi connectivity index (χ1) is 16.9. The number of carboxylic acids is 1. The van der Waals surface area contributed by atoms with Crippen molar-refractivity contribution in [3.05, 3.63) is 59.2 Å². The maximum Gasteiger partial charge on any atom is 0.326 e. The fraction of sp³-hybridized carbons (Fsp3) is 0.227. The van der Waals surface area contributed by atoms with E-state index in [0.29, 0.717) is 45.7 Å². The molecule has 0 unspecified atom stereocenters. The van der Waals surface area contributed by atoms with E-state index in [4.69, 9.17) is 15.5 Å². The molecule has 0 fully saturated rings. The number of hydrogen-bond donors (Lipinski definition) is 6. The molecule has 4 aromatic rings. The monoisotopic (exact) mass is 514 g/mol. The smallest absolute Gasteiger partial charge is 0.326 e. The molecule has 0 saturated heterocycles. The molecule has 0 radical (unpaired) electrons. The lowest BCUT2D eigenvalue weighted by Crippen LogP contribution is -2.41. The van der Waals surface area contributed by atoms with Crippen molar-refractivity contribution in [3.63, 3.8) is 0 Å². The van der Waals surface area contributed by atoms with E-state index in [2.05, 4.69) is 20.3 Å². The van der Waals surface area contributed by atoms with E-state index in [1.54, 1.807) is 41.9 Å². The summed E-state index contributed by atoms with van der Waals surface area (Å²) in [7, 11) is -2.65. The highest BCUT2D eigenvalue weighted by molar-refractivity contribution is 7.51. The number of benzene rings is 2. The van der Waals surface area contributed by atoms with Crippen molar-refractivity contribution in [2.75, 3.05) is 6.16 Å². The van der Waals surface area contributed by atoms with Crippen LogP contribution in [0, 0.1) is 0 Å². The molecule has 188 valence electrons. The Kier molecular flexibility index (Phi) is 6.63. The van der Waals surface area contributed by atoms with Crippen LogP contribution in [0.15, 0.2) is 36.4 Å². The predicted molar refractivity (Wildman–Crippen MR) is 129 cm³/mol. The molecule has 14 heteroatoms. The van der Waals surface area contributed by atoms with Gasteiger partial charge >= 0.3 is 13.6 Å². The van der Waals surface area contributed by atoms with E-state index in [1.165, 1.54) is 6.07 Å². The van der Waals surface area contributed by atoms with Crippen LogP contribution in [0.3, 0.4) is 0 Å². The fourth-order valence-electron chi connectivity index (χ4n) is 3.78. The molecule has 2 heterocycles. The molecule has 0 aliphatic rings. The molecule has 36 heavy (non-hydrogen) atoms. The van der Waals surface area contributed by atoms with E-state index in [1.807, 2.05) is 0 Å². The molecule has 0 aliphatic carbocycles. The van der Waals surface area contributed by atoms with Crippen LogP contribution >= 0.6 is 7.60 Å². The van der Waals surface area contributed by atoms with E-state index >= 15 is 0 Å². The van der Waals surface area contributed by atoms with Gasteiger partial charge in [-0.3, -0.25) is 14.2 Å². The average Bonchev–Trinajstić information content (AvgIpc) is 3.35. The second kappa shape index (κ2) is 9.53. The molecule has 1 atom stereocenters. The third-order valence-corrected chi connectivity index (χ3v) is 6.53. The lowest BCUT2D eigenvalue weighted by atomic mass is 10.1. The van der Waals surface area contributed by atoms with Crippen molar-refractivity contribution in [3.8, 4) is 0 Å². The first-order valence-corrected chi connectivity index (χ1v) is 12.5. The van der Waals surface area contributed by atoms with Crippen molar-refractivity contribution >= 4 is 47.4 Å². The SMILES string of the molecule is Cn1c(Cc2nc3ccc(C(N)=O)cc3[nH]2)nc2ccc(C(=O)N[C@@H](CCP(=O)(O)O)C(=O)O)cc21. The number of aromatic amines is 1. The number of nitrogens with two attached hydrogens (primary N) is 1. The summed E-state index contributed by atoms with van der Waals surface area (Å²) in [6.07, 6.45) is -0.751. The number of fused-ring (bicyclic) bond motifs is 2. The van der Waals surface area contributed by atoms with Gasteiger partial charge in [-0.25, -0.2) is 14.8 Å². The van der Waals surface area contributed by atoms with Gasteiger partial charge in [0.25, 0.3) is 5.91 Å². The number of carbonyl (C=O) groups excluding carboxylic acids is 2. The Labute approximate surface area is 203 Å². The van der Waals surface area contributed by atoms with Crippen LogP contribution in [-0.2, 0) is 22.8 Å². The quantitative estimate of drug-likeness (QED) is 0.175. The topological polar surface area (TPSA) is 214 Å². The number of aromatic nitrogens is 4. The summed E-state index contributed by atoms with van der Waals surface area (Å²) >= 11 is 0. The molecule has 7 N–H and O–H groups in total. The van der Waals surface area contributed by atoms with Gasteiger partial charge in [-0.1, -0.05) is 0 Å². The minimum atomic E-state index is -4.41. The van der Waals surface area contributed by atoms with Crippen LogP contribution in [0.5, 0.6) is 0 Å². The molecule has 2 amide bonds. The molecule has 13 nitrogen and oxygen atoms in total. The second-order valence-electron chi connectivity index (χ2n) is 8.29. The minimum absolute atomic E-state index is 0.169. The molecular formula is C22H23N6O7P. The summed E-state index contributed by atoms with van der Waals surface area (Å²) in [4.78, 5) is 65.8. The van der Waals surface area contributed by atoms with Crippen LogP contribution in [0.2, 0.25) is 0 Å². The van der Waals surface area contributed by atoms with Crippen LogP contribution in [0.1, 0.15) is 38.8 Å². The molecule has 0 bridgehead atoms. The first kappa shape index (κ1) is 25.0. The number of primary amides is 1. The van der Waals surface area contributed by atoms with Crippen molar-refractivity contribution in [1.29, 1.82) is 0 Å². The highest BCUT2D eigenvalue weighted by atomic mass is 31.2. The van der Waals surface area contributed by atoms with Crippen LogP contribution < -0.4 is 11.1 Å². The maximum absolute atomic E-state index is 12.7. The number of carbonyl (C=O) groups is 3. The molecular weight excluding hydrogens is 491 g/mol. The number of nitrogens with zero attached hydrogens (tertiary/aromatic N) is 3. The standard InChI is InChI=1S/C22H23N6O7P/c1-28-17-9-12(21(30)27-15(22(31)32)6-7-36(33,34)35)3-5-14(17)26-19(28)10-18-24-13-4-2-11(20(23)29)8-16(13)25-18/h2-5,8-9,15H,6-7,10H2,1H3,(H2,23,29)(H,24,25)(H,27,30)(H,31,32)(H2,33,34,35)/t15-/m0/s1. The highest BCUT2D eigenvalue weighted by Crippen LogP contribution is 2.35. The number of amides is 2. The number of nitrogens with one attached hydrogen (secondary N) is 2. The second-order valence-corrected chi connectivity index (χ2v) is 10.1. The third-order valence-electron chi connectivity index (χ3n) is 5.69. The van der Waals surface area contributed by atoms with Gasteiger partial charge in [0.2, 0.25) is 5.91 Å². The predicted octanol–water partition coefficient (Wildman–Crippen LogP) is 0.890. The van der Waals surface area contributed by atoms with E-state index in [0.717, 1.165) is 0 Å². The van der Waals surface area contributed by atoms with E-state index in [9.17, 15) is 24.1 Å². The lowest BCUT2D eigenvalue weighted by Gasteiger charge is -2.15. The van der Waals surface area contributed by atoms with E-state index in [-0.39, 0.29) is 5.56 Å². The highest BCUT2D eigenvalue weighted by Gasteiger charge is 2.25. The van der Waals surface area contributed by atoms with Crippen molar-refractivity contribution < 1.29 is 33.8 Å².